The van der Waals surface area contributed by atoms with Crippen molar-refractivity contribution in [3.05, 3.63) is 35.1 Å². The topological polar surface area (TPSA) is 87.7 Å². The first-order chi connectivity index (χ1) is 8.86. The molecule has 8 heteroatoms. The van der Waals surface area contributed by atoms with Gasteiger partial charge in [-0.25, -0.2) is 13.2 Å². The molecule has 104 valence electrons. The largest absolute Gasteiger partial charge is 0.409 e. The molecule has 0 aliphatic carbocycles. The van der Waals surface area contributed by atoms with Crippen molar-refractivity contribution >= 4 is 11.7 Å². The molecule has 0 spiro atoms. The Labute approximate surface area is 106 Å². The third-order valence-electron chi connectivity index (χ3n) is 2.30. The summed E-state index contributed by atoms with van der Waals surface area (Å²) in [5.41, 5.74) is 4.61. The van der Waals surface area contributed by atoms with Gasteiger partial charge in [0.05, 0.1) is 5.56 Å². The van der Waals surface area contributed by atoms with E-state index in [4.69, 9.17) is 10.9 Å². The fourth-order valence-electron chi connectivity index (χ4n) is 1.41. The first-order valence-electron chi connectivity index (χ1n) is 5.27. The molecule has 1 rings (SSSR count). The number of amides is 1. The summed E-state index contributed by atoms with van der Waals surface area (Å²) >= 11 is 0. The maximum atomic E-state index is 13.3. The molecule has 1 amide bonds. The highest BCUT2D eigenvalue weighted by molar-refractivity contribution is 5.95. The quantitative estimate of drug-likeness (QED) is 0.255. The standard InChI is InChI=1S/C11H12F3N3O2/c1-5(4-8(15)17-19)16-11(18)6-2-3-7(12)10(14)9(6)13/h2-3,5,19H,4H2,1H3,(H2,15,17)(H,16,18). The van der Waals surface area contributed by atoms with E-state index in [-0.39, 0.29) is 12.3 Å². The second-order valence-electron chi connectivity index (χ2n) is 3.89. The molecule has 0 aliphatic rings. The number of carbonyl (C=O) groups excluding carboxylic acids is 1. The van der Waals surface area contributed by atoms with Crippen LogP contribution in [-0.2, 0) is 0 Å². The van der Waals surface area contributed by atoms with Gasteiger partial charge in [-0.2, -0.15) is 0 Å². The van der Waals surface area contributed by atoms with Crippen molar-refractivity contribution in [2.75, 3.05) is 0 Å². The number of halogens is 3. The predicted molar refractivity (Wildman–Crippen MR) is 61.3 cm³/mol. The number of benzene rings is 1. The van der Waals surface area contributed by atoms with Crippen LogP contribution in [0.5, 0.6) is 0 Å². The monoisotopic (exact) mass is 275 g/mol. The highest BCUT2D eigenvalue weighted by atomic mass is 19.2. The molecule has 0 aliphatic heterocycles. The maximum absolute atomic E-state index is 13.3. The summed E-state index contributed by atoms with van der Waals surface area (Å²) in [6, 6.07) is 0.914. The molecular formula is C11H12F3N3O2. The molecule has 0 heterocycles. The van der Waals surface area contributed by atoms with E-state index in [0.29, 0.717) is 6.07 Å². The molecule has 1 aromatic carbocycles. The number of amidine groups is 1. The normalized spacial score (nSPS) is 13.2. The highest BCUT2D eigenvalue weighted by Gasteiger charge is 2.20. The zero-order valence-electron chi connectivity index (χ0n) is 9.95. The Kier molecular flexibility index (Phi) is 4.74. The average Bonchev–Trinajstić information content (AvgIpc) is 2.35. The number of hydrogen-bond acceptors (Lipinski definition) is 3. The second kappa shape index (κ2) is 6.07. The molecule has 0 saturated heterocycles. The molecule has 0 radical (unpaired) electrons. The van der Waals surface area contributed by atoms with Crippen LogP contribution in [0.4, 0.5) is 13.2 Å². The Morgan fingerprint density at radius 2 is 2.05 bits per heavy atom. The van der Waals surface area contributed by atoms with Crippen LogP contribution in [0.2, 0.25) is 0 Å². The lowest BCUT2D eigenvalue weighted by atomic mass is 10.1. The molecule has 0 bridgehead atoms. The Hall–Kier alpha value is -2.25. The minimum atomic E-state index is -1.71. The molecule has 1 aromatic rings. The van der Waals surface area contributed by atoms with Gasteiger partial charge in [-0.15, -0.1) is 0 Å². The van der Waals surface area contributed by atoms with E-state index in [2.05, 4.69) is 10.5 Å². The van der Waals surface area contributed by atoms with E-state index in [1.165, 1.54) is 6.92 Å². The van der Waals surface area contributed by atoms with Gasteiger partial charge in [-0.05, 0) is 19.1 Å². The van der Waals surface area contributed by atoms with Crippen LogP contribution in [0.25, 0.3) is 0 Å². The van der Waals surface area contributed by atoms with Gasteiger partial charge >= 0.3 is 0 Å². The third-order valence-corrected chi connectivity index (χ3v) is 2.30. The summed E-state index contributed by atoms with van der Waals surface area (Å²) in [7, 11) is 0. The van der Waals surface area contributed by atoms with E-state index in [1.54, 1.807) is 0 Å². The predicted octanol–water partition coefficient (Wildman–Crippen LogP) is 1.36. The number of nitrogens with one attached hydrogen (secondary N) is 1. The summed E-state index contributed by atoms with van der Waals surface area (Å²) in [6.07, 6.45) is 0.0214. The average molecular weight is 275 g/mol. The molecule has 1 unspecified atom stereocenters. The number of carbonyl (C=O) groups is 1. The molecule has 0 fully saturated rings. The zero-order chi connectivity index (χ0) is 14.6. The van der Waals surface area contributed by atoms with Gasteiger partial charge in [0.25, 0.3) is 5.91 Å². The molecule has 4 N–H and O–H groups in total. The van der Waals surface area contributed by atoms with Crippen molar-refractivity contribution in [1.82, 2.24) is 5.32 Å². The molecule has 0 aromatic heterocycles. The number of hydrogen-bond donors (Lipinski definition) is 3. The van der Waals surface area contributed by atoms with Crippen molar-refractivity contribution in [2.24, 2.45) is 10.9 Å². The van der Waals surface area contributed by atoms with Crippen molar-refractivity contribution in [2.45, 2.75) is 19.4 Å². The third kappa shape index (κ3) is 3.60. The van der Waals surface area contributed by atoms with Gasteiger partial charge in [0.2, 0.25) is 0 Å². The van der Waals surface area contributed by atoms with E-state index in [0.717, 1.165) is 6.07 Å². The van der Waals surface area contributed by atoms with Crippen molar-refractivity contribution in [1.29, 1.82) is 0 Å². The molecule has 5 nitrogen and oxygen atoms in total. The van der Waals surface area contributed by atoms with E-state index < -0.39 is 35.0 Å². The van der Waals surface area contributed by atoms with Gasteiger partial charge in [0.15, 0.2) is 17.5 Å². The van der Waals surface area contributed by atoms with Crippen LogP contribution in [0.3, 0.4) is 0 Å². The molecule has 19 heavy (non-hydrogen) atoms. The van der Waals surface area contributed by atoms with Crippen LogP contribution in [-0.4, -0.2) is 23.0 Å². The Morgan fingerprint density at radius 3 is 2.63 bits per heavy atom. The van der Waals surface area contributed by atoms with Crippen LogP contribution in [0.15, 0.2) is 17.3 Å². The smallest absolute Gasteiger partial charge is 0.254 e. The molecule has 1 atom stereocenters. The number of rotatable bonds is 4. The Balaban J connectivity index is 2.82. The Morgan fingerprint density at radius 1 is 1.42 bits per heavy atom. The fourth-order valence-corrected chi connectivity index (χ4v) is 1.41. The van der Waals surface area contributed by atoms with Gasteiger partial charge in [0, 0.05) is 12.5 Å². The van der Waals surface area contributed by atoms with Gasteiger partial charge in [-0.3, -0.25) is 4.79 Å². The lowest BCUT2D eigenvalue weighted by Crippen LogP contribution is -2.36. The summed E-state index contributed by atoms with van der Waals surface area (Å²) in [5, 5.41) is 13.4. The van der Waals surface area contributed by atoms with Gasteiger partial charge < -0.3 is 16.3 Å². The Bertz CT molecular complexity index is 520. The fraction of sp³-hybridized carbons (Fsp3) is 0.273. The van der Waals surface area contributed by atoms with Crippen LogP contribution >= 0.6 is 0 Å². The first-order valence-corrected chi connectivity index (χ1v) is 5.27. The van der Waals surface area contributed by atoms with Crippen molar-refractivity contribution < 1.29 is 23.2 Å². The summed E-state index contributed by atoms with van der Waals surface area (Å²) in [5.74, 6) is -5.70. The van der Waals surface area contributed by atoms with E-state index in [1.807, 2.05) is 0 Å². The second-order valence-corrected chi connectivity index (χ2v) is 3.89. The van der Waals surface area contributed by atoms with Gasteiger partial charge in [0.1, 0.15) is 5.84 Å². The summed E-state index contributed by atoms with van der Waals surface area (Å²) in [6.45, 7) is 1.52. The number of oxime groups is 1. The van der Waals surface area contributed by atoms with E-state index in [9.17, 15) is 18.0 Å². The van der Waals surface area contributed by atoms with Crippen molar-refractivity contribution in [3.63, 3.8) is 0 Å². The minimum absolute atomic E-state index is 0.0214. The highest BCUT2D eigenvalue weighted by Crippen LogP contribution is 2.15. The number of nitrogens with two attached hydrogens (primary N) is 1. The number of nitrogens with zero attached hydrogens (tertiary/aromatic N) is 1. The lowest BCUT2D eigenvalue weighted by Gasteiger charge is -2.13. The molecule has 0 saturated carbocycles. The van der Waals surface area contributed by atoms with Crippen LogP contribution in [0.1, 0.15) is 23.7 Å². The molecular weight excluding hydrogens is 263 g/mol. The summed E-state index contributed by atoms with van der Waals surface area (Å²) in [4.78, 5) is 11.6. The minimum Gasteiger partial charge on any atom is -0.409 e. The lowest BCUT2D eigenvalue weighted by molar-refractivity contribution is 0.0935. The van der Waals surface area contributed by atoms with Gasteiger partial charge in [-0.1, -0.05) is 5.16 Å². The maximum Gasteiger partial charge on any atom is 0.254 e. The van der Waals surface area contributed by atoms with Crippen LogP contribution < -0.4 is 11.1 Å². The zero-order valence-corrected chi connectivity index (χ0v) is 9.95. The van der Waals surface area contributed by atoms with E-state index >= 15 is 0 Å². The first kappa shape index (κ1) is 14.8. The summed E-state index contributed by atoms with van der Waals surface area (Å²) < 4.78 is 39.0. The van der Waals surface area contributed by atoms with Crippen molar-refractivity contribution in [3.8, 4) is 0 Å². The SMILES string of the molecule is CC(CC(N)=NO)NC(=O)c1ccc(F)c(F)c1F. The van der Waals surface area contributed by atoms with Crippen LogP contribution in [0, 0.1) is 17.5 Å².